The number of benzene rings is 1. The molecule has 0 N–H and O–H groups in total. The maximum atomic E-state index is 12.9. The zero-order valence-electron chi connectivity index (χ0n) is 18.4. The molecule has 1 fully saturated rings. The average molecular weight is 466 g/mol. The van der Waals surface area contributed by atoms with Gasteiger partial charge in [-0.3, -0.25) is 0 Å². The van der Waals surface area contributed by atoms with Crippen molar-refractivity contribution in [1.82, 2.24) is 4.90 Å². The number of nitrogens with zero attached hydrogens (tertiary/aromatic N) is 1. The van der Waals surface area contributed by atoms with Gasteiger partial charge in [-0.25, -0.2) is 4.79 Å². The molecule has 1 aromatic rings. The zero-order chi connectivity index (χ0) is 21.6. The third kappa shape index (κ3) is 6.58. The summed E-state index contributed by atoms with van der Waals surface area (Å²) in [6.07, 6.45) is 2.47. The van der Waals surface area contributed by atoms with E-state index in [4.69, 9.17) is 9.47 Å². The summed E-state index contributed by atoms with van der Waals surface area (Å²) in [6, 6.07) is 10.5. The minimum Gasteiger partial charge on any atom is -0.439 e. The van der Waals surface area contributed by atoms with Gasteiger partial charge in [-0.2, -0.15) is 0 Å². The van der Waals surface area contributed by atoms with E-state index in [1.54, 1.807) is 4.90 Å². The second-order valence-electron chi connectivity index (χ2n) is 8.42. The van der Waals surface area contributed by atoms with Gasteiger partial charge in [0.2, 0.25) is 0 Å². The predicted octanol–water partition coefficient (Wildman–Crippen LogP) is 6.13. The maximum absolute atomic E-state index is 12.9. The predicted molar refractivity (Wildman–Crippen MR) is 123 cm³/mol. The van der Waals surface area contributed by atoms with Gasteiger partial charge in [0.1, 0.15) is 0 Å². The topological polar surface area (TPSA) is 38.8 Å². The van der Waals surface area contributed by atoms with E-state index in [0.29, 0.717) is 6.42 Å². The zero-order valence-corrected chi connectivity index (χ0v) is 20.0. The van der Waals surface area contributed by atoms with Crippen molar-refractivity contribution in [2.24, 2.45) is 0 Å². The average Bonchev–Trinajstić information content (AvgIpc) is 2.67. The quantitative estimate of drug-likeness (QED) is 0.342. The van der Waals surface area contributed by atoms with Crippen molar-refractivity contribution in [3.63, 3.8) is 0 Å². The molecule has 1 aliphatic heterocycles. The van der Waals surface area contributed by atoms with Gasteiger partial charge in [-0.15, -0.1) is 0 Å². The molecule has 0 radical (unpaired) electrons. The van der Waals surface area contributed by atoms with Crippen molar-refractivity contribution in [3.05, 3.63) is 48.0 Å². The van der Waals surface area contributed by atoms with E-state index in [0.717, 1.165) is 24.8 Å². The number of hydrogen-bond donors (Lipinski definition) is 0. The van der Waals surface area contributed by atoms with Crippen molar-refractivity contribution in [3.8, 4) is 0 Å². The lowest BCUT2D eigenvalue weighted by atomic mass is 9.91. The summed E-state index contributed by atoms with van der Waals surface area (Å²) in [5.74, 6) is 0. The van der Waals surface area contributed by atoms with Crippen LogP contribution in [0.15, 0.2) is 42.5 Å². The molecule has 1 aliphatic rings. The highest BCUT2D eigenvalue weighted by Gasteiger charge is 2.39. The summed E-state index contributed by atoms with van der Waals surface area (Å²) >= 11 is 3.74. The van der Waals surface area contributed by atoms with Gasteiger partial charge in [-0.05, 0) is 64.5 Å². The Hall–Kier alpha value is -1.33. The Labute approximate surface area is 184 Å². The van der Waals surface area contributed by atoms with Gasteiger partial charge in [0.15, 0.2) is 6.10 Å². The molecule has 0 aliphatic carbocycles. The number of amides is 1. The van der Waals surface area contributed by atoms with Crippen molar-refractivity contribution in [2.75, 3.05) is 0 Å². The second kappa shape index (κ2) is 11.2. The van der Waals surface area contributed by atoms with Crippen LogP contribution in [0.4, 0.5) is 4.79 Å². The summed E-state index contributed by atoms with van der Waals surface area (Å²) in [5, 5.41) is 0. The molecule has 1 unspecified atom stereocenters. The molecule has 0 aromatic heterocycles. The first-order chi connectivity index (χ1) is 13.7. The molecule has 0 bridgehead atoms. The van der Waals surface area contributed by atoms with Crippen molar-refractivity contribution < 1.29 is 14.3 Å². The fourth-order valence-corrected chi connectivity index (χ4v) is 4.29. The number of ether oxygens (including phenoxy) is 2. The SMILES string of the molecule is C=C1C[C@H](C(Br)CC)O[C@H](CCc2ccccc2)[C@@H]1OC(=O)N(C(C)C)C(C)C. The minimum atomic E-state index is -0.418. The lowest BCUT2D eigenvalue weighted by molar-refractivity contribution is -0.101. The molecule has 0 saturated carbocycles. The summed E-state index contributed by atoms with van der Waals surface area (Å²) in [4.78, 5) is 15.0. The molecule has 0 spiro atoms. The number of carbonyl (C=O) groups excluding carboxylic acids is 1. The number of alkyl halides is 1. The first-order valence-electron chi connectivity index (χ1n) is 10.7. The van der Waals surface area contributed by atoms with Crippen molar-refractivity contribution in [1.29, 1.82) is 0 Å². The number of rotatable bonds is 8. The monoisotopic (exact) mass is 465 g/mol. The number of hydrogen-bond acceptors (Lipinski definition) is 3. The van der Waals surface area contributed by atoms with Crippen LogP contribution in [0.3, 0.4) is 0 Å². The number of carbonyl (C=O) groups is 1. The molecule has 4 atom stereocenters. The van der Waals surface area contributed by atoms with Crippen LogP contribution in [0.2, 0.25) is 0 Å². The van der Waals surface area contributed by atoms with Crippen molar-refractivity contribution in [2.45, 2.75) is 95.5 Å². The standard InChI is InChI=1S/C24H36BrNO3/c1-7-20(25)22-15-18(6)23(29-24(27)26(16(2)3)17(4)5)21(28-22)14-13-19-11-9-8-10-12-19/h8-12,16-17,20-23H,6-7,13-15H2,1-5H3/t20?,21-,22-,23-/m1/s1. The maximum Gasteiger partial charge on any atom is 0.410 e. The van der Waals surface area contributed by atoms with Gasteiger partial charge in [0, 0.05) is 16.9 Å². The van der Waals surface area contributed by atoms with Gasteiger partial charge >= 0.3 is 6.09 Å². The van der Waals surface area contributed by atoms with E-state index in [9.17, 15) is 4.79 Å². The molecule has 2 rings (SSSR count). The first-order valence-corrected chi connectivity index (χ1v) is 11.7. The molecule has 1 aromatic carbocycles. The molecule has 1 saturated heterocycles. The van der Waals surface area contributed by atoms with Crippen LogP contribution < -0.4 is 0 Å². The highest BCUT2D eigenvalue weighted by atomic mass is 79.9. The third-order valence-corrected chi connectivity index (χ3v) is 6.70. The molecule has 1 amide bonds. The van der Waals surface area contributed by atoms with Crippen molar-refractivity contribution >= 4 is 22.0 Å². The summed E-state index contributed by atoms with van der Waals surface area (Å²) in [5.41, 5.74) is 2.20. The Morgan fingerprint density at radius 2 is 1.86 bits per heavy atom. The Morgan fingerprint density at radius 3 is 2.41 bits per heavy atom. The van der Waals surface area contributed by atoms with E-state index in [2.05, 4.69) is 41.6 Å². The Balaban J connectivity index is 2.16. The van der Waals surface area contributed by atoms with Crippen LogP contribution in [-0.4, -0.2) is 46.2 Å². The second-order valence-corrected chi connectivity index (χ2v) is 9.60. The van der Waals surface area contributed by atoms with Crippen LogP contribution in [0.1, 0.15) is 59.4 Å². The van der Waals surface area contributed by atoms with Gasteiger partial charge in [-0.1, -0.05) is 59.8 Å². The molecule has 29 heavy (non-hydrogen) atoms. The Kier molecular flexibility index (Phi) is 9.22. The molecule has 162 valence electrons. The van der Waals surface area contributed by atoms with Gasteiger partial charge in [0.25, 0.3) is 0 Å². The largest absolute Gasteiger partial charge is 0.439 e. The van der Waals surface area contributed by atoms with E-state index in [1.807, 2.05) is 45.9 Å². The number of halogens is 1. The molecular formula is C24H36BrNO3. The Morgan fingerprint density at radius 1 is 1.24 bits per heavy atom. The van der Waals surface area contributed by atoms with Crippen LogP contribution in [0.25, 0.3) is 0 Å². The molecule has 1 heterocycles. The fraction of sp³-hybridized carbons (Fsp3) is 0.625. The third-order valence-electron chi connectivity index (χ3n) is 5.46. The Bertz CT molecular complexity index is 653. The number of aryl methyl sites for hydroxylation is 1. The van der Waals surface area contributed by atoms with E-state index in [1.165, 1.54) is 5.56 Å². The fourth-order valence-electron chi connectivity index (χ4n) is 3.98. The van der Waals surface area contributed by atoms with Crippen LogP contribution in [-0.2, 0) is 15.9 Å². The lowest BCUT2D eigenvalue weighted by Gasteiger charge is -2.41. The summed E-state index contributed by atoms with van der Waals surface area (Å²) < 4.78 is 12.4. The van der Waals surface area contributed by atoms with E-state index in [-0.39, 0.29) is 35.2 Å². The smallest absolute Gasteiger partial charge is 0.410 e. The van der Waals surface area contributed by atoms with Crippen LogP contribution in [0.5, 0.6) is 0 Å². The first kappa shape index (κ1) is 23.9. The molecule has 4 nitrogen and oxygen atoms in total. The van der Waals surface area contributed by atoms with E-state index >= 15 is 0 Å². The van der Waals surface area contributed by atoms with Crippen LogP contribution >= 0.6 is 15.9 Å². The summed E-state index contributed by atoms with van der Waals surface area (Å²) in [6.45, 7) is 14.4. The van der Waals surface area contributed by atoms with Gasteiger partial charge in [0.05, 0.1) is 12.2 Å². The van der Waals surface area contributed by atoms with E-state index < -0.39 is 6.10 Å². The highest BCUT2D eigenvalue weighted by molar-refractivity contribution is 9.09. The lowest BCUT2D eigenvalue weighted by Crippen LogP contribution is -2.49. The normalized spacial score (nSPS) is 23.3. The summed E-state index contributed by atoms with van der Waals surface area (Å²) in [7, 11) is 0. The highest BCUT2D eigenvalue weighted by Crippen LogP contribution is 2.33. The minimum absolute atomic E-state index is 0.0505. The molecular weight excluding hydrogens is 430 g/mol. The van der Waals surface area contributed by atoms with Gasteiger partial charge < -0.3 is 14.4 Å². The van der Waals surface area contributed by atoms with Crippen LogP contribution in [0, 0.1) is 0 Å². The molecule has 5 heteroatoms.